The number of ether oxygens (including phenoxy) is 1. The van der Waals surface area contributed by atoms with Gasteiger partial charge in [-0.05, 0) is 13.8 Å². The van der Waals surface area contributed by atoms with Crippen molar-refractivity contribution in [2.75, 3.05) is 6.61 Å². The van der Waals surface area contributed by atoms with E-state index in [1.54, 1.807) is 0 Å². The fourth-order valence-electron chi connectivity index (χ4n) is 0.889. The van der Waals surface area contributed by atoms with Crippen LogP contribution in [0.25, 0.3) is 0 Å². The van der Waals surface area contributed by atoms with Crippen LogP contribution in [0.1, 0.15) is 20.3 Å². The molecule has 0 aliphatic rings. The molecule has 0 fully saturated rings. The van der Waals surface area contributed by atoms with Crippen molar-refractivity contribution in [1.82, 2.24) is 4.72 Å². The second-order valence-electron chi connectivity index (χ2n) is 4.10. The Hall–Kier alpha value is -0.930. The Labute approximate surface area is 105 Å². The predicted octanol–water partition coefficient (Wildman–Crippen LogP) is 1.54. The zero-order valence-electron chi connectivity index (χ0n) is 9.84. The number of carbonyl (C=O) groups is 1. The molecule has 0 amide bonds. The van der Waals surface area contributed by atoms with Gasteiger partial charge in [-0.3, -0.25) is 4.55 Å². The van der Waals surface area contributed by atoms with Crippen LogP contribution in [0.15, 0.2) is 12.2 Å². The van der Waals surface area contributed by atoms with E-state index in [1.807, 2.05) is 0 Å². The summed E-state index contributed by atoms with van der Waals surface area (Å²) >= 11 is -2.26. The van der Waals surface area contributed by atoms with Gasteiger partial charge in [-0.1, -0.05) is 6.58 Å². The van der Waals surface area contributed by atoms with Crippen molar-refractivity contribution in [2.45, 2.75) is 32.0 Å². The molecule has 5 nitrogen and oxygen atoms in total. The third-order valence-electron chi connectivity index (χ3n) is 1.91. The van der Waals surface area contributed by atoms with Gasteiger partial charge in [-0.2, -0.15) is 13.2 Å². The number of hydrogen-bond acceptors (Lipinski definition) is 3. The number of carbonyl (C=O) groups excluding carboxylic acids is 1. The van der Waals surface area contributed by atoms with Crippen LogP contribution in [0.3, 0.4) is 0 Å². The third-order valence-corrected chi connectivity index (χ3v) is 2.64. The van der Waals surface area contributed by atoms with Crippen LogP contribution in [0, 0.1) is 0 Å². The molecule has 1 unspecified atom stereocenters. The lowest BCUT2D eigenvalue weighted by molar-refractivity contribution is -0.150. The van der Waals surface area contributed by atoms with E-state index < -0.39 is 34.5 Å². The Morgan fingerprint density at radius 2 is 1.94 bits per heavy atom. The summed E-state index contributed by atoms with van der Waals surface area (Å²) in [4.78, 5) is 10.9. The summed E-state index contributed by atoms with van der Waals surface area (Å²) < 4.78 is 61.8. The monoisotopic (exact) mass is 289 g/mol. The number of esters is 1. The molecular formula is C9H14F3NO4S. The SMILES string of the molecule is C=C(C(=O)OCCC(C)(C)NS(=O)O)C(F)(F)F. The van der Waals surface area contributed by atoms with Crippen molar-refractivity contribution in [1.29, 1.82) is 0 Å². The molecule has 0 aliphatic carbocycles. The summed E-state index contributed by atoms with van der Waals surface area (Å²) in [5.74, 6) is -1.55. The molecule has 0 aromatic heterocycles. The molecule has 0 heterocycles. The summed E-state index contributed by atoms with van der Waals surface area (Å²) in [5, 5.41) is 0. The summed E-state index contributed by atoms with van der Waals surface area (Å²) in [5.41, 5.74) is -2.45. The van der Waals surface area contributed by atoms with E-state index in [0.29, 0.717) is 0 Å². The molecule has 0 saturated carbocycles. The quantitative estimate of drug-likeness (QED) is 0.442. The van der Waals surface area contributed by atoms with Gasteiger partial charge in [0, 0.05) is 12.0 Å². The van der Waals surface area contributed by atoms with Crippen LogP contribution < -0.4 is 4.72 Å². The predicted molar refractivity (Wildman–Crippen MR) is 58.8 cm³/mol. The maximum Gasteiger partial charge on any atom is 0.422 e. The van der Waals surface area contributed by atoms with E-state index >= 15 is 0 Å². The van der Waals surface area contributed by atoms with Gasteiger partial charge < -0.3 is 4.74 Å². The lowest BCUT2D eigenvalue weighted by atomic mass is 10.0. The van der Waals surface area contributed by atoms with Crippen LogP contribution in [0.4, 0.5) is 13.2 Å². The summed E-state index contributed by atoms with van der Waals surface area (Å²) in [6.45, 7) is 5.33. The zero-order chi connectivity index (χ0) is 14.6. The molecule has 0 saturated heterocycles. The fraction of sp³-hybridized carbons (Fsp3) is 0.667. The van der Waals surface area contributed by atoms with Crippen LogP contribution in [-0.2, 0) is 20.8 Å². The van der Waals surface area contributed by atoms with Gasteiger partial charge in [-0.15, -0.1) is 0 Å². The average Bonchev–Trinajstić information content (AvgIpc) is 2.12. The highest BCUT2D eigenvalue weighted by molar-refractivity contribution is 7.77. The molecule has 0 aliphatic heterocycles. The highest BCUT2D eigenvalue weighted by Crippen LogP contribution is 2.25. The molecule has 0 aromatic rings. The number of nitrogens with one attached hydrogen (secondary N) is 1. The van der Waals surface area contributed by atoms with E-state index in [1.165, 1.54) is 13.8 Å². The number of halogens is 3. The van der Waals surface area contributed by atoms with Crippen molar-refractivity contribution in [3.63, 3.8) is 0 Å². The second-order valence-corrected chi connectivity index (χ2v) is 4.80. The molecule has 0 spiro atoms. The normalized spacial score (nSPS) is 14.1. The molecule has 1 atom stereocenters. The minimum absolute atomic E-state index is 0.0657. The largest absolute Gasteiger partial charge is 0.462 e. The second kappa shape index (κ2) is 6.30. The first-order valence-corrected chi connectivity index (χ1v) is 5.88. The molecule has 9 heteroatoms. The van der Waals surface area contributed by atoms with Gasteiger partial charge in [-0.25, -0.2) is 13.7 Å². The Morgan fingerprint density at radius 3 is 2.33 bits per heavy atom. The molecule has 0 radical (unpaired) electrons. The summed E-state index contributed by atoms with van der Waals surface area (Å²) in [6, 6.07) is 0. The highest BCUT2D eigenvalue weighted by Gasteiger charge is 2.38. The first-order valence-electron chi connectivity index (χ1n) is 4.77. The van der Waals surface area contributed by atoms with E-state index in [-0.39, 0.29) is 13.0 Å². The van der Waals surface area contributed by atoms with Gasteiger partial charge in [0.1, 0.15) is 5.57 Å². The lowest BCUT2D eigenvalue weighted by Crippen LogP contribution is -2.41. The van der Waals surface area contributed by atoms with Crippen LogP contribution in [0.5, 0.6) is 0 Å². The van der Waals surface area contributed by atoms with Crippen molar-refractivity contribution < 1.29 is 31.5 Å². The maximum atomic E-state index is 12.0. The van der Waals surface area contributed by atoms with Crippen molar-refractivity contribution in [3.05, 3.63) is 12.2 Å². The fourth-order valence-corrected chi connectivity index (χ4v) is 1.46. The minimum atomic E-state index is -4.82. The van der Waals surface area contributed by atoms with Crippen molar-refractivity contribution in [3.8, 4) is 0 Å². The van der Waals surface area contributed by atoms with Crippen LogP contribution in [0.2, 0.25) is 0 Å². The molecule has 0 aromatic carbocycles. The lowest BCUT2D eigenvalue weighted by Gasteiger charge is -2.23. The standard InChI is InChI=1S/C9H14F3NO4S/c1-6(9(10,11)12)7(14)17-5-4-8(2,3)13-18(15)16/h13H,1,4-5H2,2-3H3,(H,15,16). The maximum absolute atomic E-state index is 12.0. The van der Waals surface area contributed by atoms with Crippen molar-refractivity contribution in [2.24, 2.45) is 0 Å². The Morgan fingerprint density at radius 1 is 1.44 bits per heavy atom. The van der Waals surface area contributed by atoms with E-state index in [4.69, 9.17) is 4.55 Å². The van der Waals surface area contributed by atoms with Gasteiger partial charge in [0.2, 0.25) is 11.3 Å². The van der Waals surface area contributed by atoms with Gasteiger partial charge in [0.15, 0.2) is 0 Å². The Bertz CT molecular complexity index is 354. The highest BCUT2D eigenvalue weighted by atomic mass is 32.2. The van der Waals surface area contributed by atoms with E-state index in [0.717, 1.165) is 0 Å². The van der Waals surface area contributed by atoms with Gasteiger partial charge >= 0.3 is 12.1 Å². The molecule has 106 valence electrons. The molecular weight excluding hydrogens is 275 g/mol. The Kier molecular flexibility index (Phi) is 5.97. The molecule has 2 N–H and O–H groups in total. The topological polar surface area (TPSA) is 75.6 Å². The van der Waals surface area contributed by atoms with Crippen molar-refractivity contribution >= 4 is 17.2 Å². The smallest absolute Gasteiger partial charge is 0.422 e. The molecule has 0 rings (SSSR count). The molecule has 0 bridgehead atoms. The number of hydrogen-bond donors (Lipinski definition) is 2. The first-order chi connectivity index (χ1) is 7.96. The van der Waals surface area contributed by atoms with Gasteiger partial charge in [0.25, 0.3) is 0 Å². The van der Waals surface area contributed by atoms with E-state index in [2.05, 4.69) is 16.0 Å². The summed E-state index contributed by atoms with van der Waals surface area (Å²) in [6.07, 6.45) is -4.76. The first kappa shape index (κ1) is 17.1. The average molecular weight is 289 g/mol. The molecule has 18 heavy (non-hydrogen) atoms. The van der Waals surface area contributed by atoms with Crippen LogP contribution >= 0.6 is 0 Å². The zero-order valence-corrected chi connectivity index (χ0v) is 10.7. The van der Waals surface area contributed by atoms with E-state index in [9.17, 15) is 22.2 Å². The Balaban J connectivity index is 4.17. The third kappa shape index (κ3) is 6.72. The minimum Gasteiger partial charge on any atom is -0.462 e. The summed E-state index contributed by atoms with van der Waals surface area (Å²) in [7, 11) is 0. The number of rotatable bonds is 6. The van der Waals surface area contributed by atoms with Crippen LogP contribution in [-0.4, -0.2) is 33.1 Å². The van der Waals surface area contributed by atoms with Gasteiger partial charge in [0.05, 0.1) is 6.61 Å². The number of alkyl halides is 3.